The Morgan fingerprint density at radius 1 is 1.53 bits per heavy atom. The van der Waals surface area contributed by atoms with Crippen LogP contribution in [0.25, 0.3) is 0 Å². The fourth-order valence-electron chi connectivity index (χ4n) is 2.51. The van der Waals surface area contributed by atoms with E-state index < -0.39 is 0 Å². The molecule has 2 rings (SSSR count). The molecule has 19 heavy (non-hydrogen) atoms. The number of ether oxygens (including phenoxy) is 1. The first-order valence-electron chi connectivity index (χ1n) is 7.22. The SMILES string of the molecule is CCn1cc(CC(N)C2CN(C(C)C)CCO2)cn1. The van der Waals surface area contributed by atoms with E-state index >= 15 is 0 Å². The van der Waals surface area contributed by atoms with Gasteiger partial charge in [-0.3, -0.25) is 9.58 Å². The zero-order valence-electron chi connectivity index (χ0n) is 12.2. The van der Waals surface area contributed by atoms with Crippen molar-refractivity contribution < 1.29 is 4.74 Å². The van der Waals surface area contributed by atoms with E-state index in [1.165, 1.54) is 5.56 Å². The zero-order chi connectivity index (χ0) is 13.8. The quantitative estimate of drug-likeness (QED) is 0.859. The Bertz CT molecular complexity index is 391. The average Bonchev–Trinajstić information content (AvgIpc) is 2.86. The summed E-state index contributed by atoms with van der Waals surface area (Å²) in [6, 6.07) is 0.595. The molecule has 1 aliphatic heterocycles. The van der Waals surface area contributed by atoms with Gasteiger partial charge < -0.3 is 10.5 Å². The Morgan fingerprint density at radius 2 is 2.32 bits per heavy atom. The van der Waals surface area contributed by atoms with Crippen LogP contribution in [0.15, 0.2) is 12.4 Å². The lowest BCUT2D eigenvalue weighted by Crippen LogP contribution is -2.53. The summed E-state index contributed by atoms with van der Waals surface area (Å²) in [5.74, 6) is 0. The topological polar surface area (TPSA) is 56.3 Å². The number of morpholine rings is 1. The van der Waals surface area contributed by atoms with E-state index in [-0.39, 0.29) is 12.1 Å². The molecule has 2 unspecified atom stereocenters. The molecule has 108 valence electrons. The van der Waals surface area contributed by atoms with Gasteiger partial charge in [-0.1, -0.05) is 0 Å². The summed E-state index contributed by atoms with van der Waals surface area (Å²) in [7, 11) is 0. The first-order valence-corrected chi connectivity index (χ1v) is 7.22. The maximum atomic E-state index is 6.30. The first kappa shape index (κ1) is 14.5. The van der Waals surface area contributed by atoms with Crippen LogP contribution in [0.2, 0.25) is 0 Å². The van der Waals surface area contributed by atoms with Crippen molar-refractivity contribution in [2.24, 2.45) is 5.73 Å². The Labute approximate surface area is 115 Å². The summed E-state index contributed by atoms with van der Waals surface area (Å²) in [5.41, 5.74) is 7.50. The molecule has 0 aromatic carbocycles. The molecule has 1 aromatic heterocycles. The lowest BCUT2D eigenvalue weighted by Gasteiger charge is -2.37. The van der Waals surface area contributed by atoms with Crippen molar-refractivity contribution in [3.05, 3.63) is 18.0 Å². The Kier molecular flexibility index (Phi) is 4.96. The summed E-state index contributed by atoms with van der Waals surface area (Å²) in [5, 5.41) is 4.29. The van der Waals surface area contributed by atoms with Crippen LogP contribution in [0.1, 0.15) is 26.3 Å². The standard InChI is InChI=1S/C14H26N4O/c1-4-18-9-12(8-16-18)7-13(15)14-10-17(11(2)3)5-6-19-14/h8-9,11,13-14H,4-7,10,15H2,1-3H3. The van der Waals surface area contributed by atoms with Gasteiger partial charge >= 0.3 is 0 Å². The van der Waals surface area contributed by atoms with Crippen molar-refractivity contribution in [1.29, 1.82) is 0 Å². The molecule has 0 amide bonds. The molecule has 0 aliphatic carbocycles. The maximum Gasteiger partial charge on any atom is 0.0856 e. The first-order chi connectivity index (χ1) is 9.10. The Morgan fingerprint density at radius 3 is 2.95 bits per heavy atom. The molecular weight excluding hydrogens is 240 g/mol. The minimum Gasteiger partial charge on any atom is -0.374 e. The third kappa shape index (κ3) is 3.78. The molecule has 0 bridgehead atoms. The van der Waals surface area contributed by atoms with Gasteiger partial charge in [-0.2, -0.15) is 5.10 Å². The highest BCUT2D eigenvalue weighted by atomic mass is 16.5. The van der Waals surface area contributed by atoms with Crippen LogP contribution in [0.4, 0.5) is 0 Å². The Balaban J connectivity index is 1.90. The summed E-state index contributed by atoms with van der Waals surface area (Å²) >= 11 is 0. The number of nitrogens with two attached hydrogens (primary N) is 1. The molecule has 2 atom stereocenters. The molecule has 0 spiro atoms. The van der Waals surface area contributed by atoms with Gasteiger partial charge in [0.1, 0.15) is 0 Å². The van der Waals surface area contributed by atoms with Crippen LogP contribution in [0.3, 0.4) is 0 Å². The van der Waals surface area contributed by atoms with E-state index in [1.807, 2.05) is 10.9 Å². The van der Waals surface area contributed by atoms with E-state index in [1.54, 1.807) is 0 Å². The molecule has 1 saturated heterocycles. The molecule has 1 aliphatic rings. The molecular formula is C14H26N4O. The van der Waals surface area contributed by atoms with Gasteiger partial charge in [-0.25, -0.2) is 0 Å². The molecule has 1 aromatic rings. The van der Waals surface area contributed by atoms with Crippen molar-refractivity contribution in [3.8, 4) is 0 Å². The average molecular weight is 266 g/mol. The smallest absolute Gasteiger partial charge is 0.0856 e. The van der Waals surface area contributed by atoms with Gasteiger partial charge in [-0.15, -0.1) is 0 Å². The van der Waals surface area contributed by atoms with E-state index in [9.17, 15) is 0 Å². The summed E-state index contributed by atoms with van der Waals surface area (Å²) in [4.78, 5) is 2.43. The highest BCUT2D eigenvalue weighted by Gasteiger charge is 2.27. The van der Waals surface area contributed by atoms with Crippen LogP contribution in [-0.2, 0) is 17.7 Å². The van der Waals surface area contributed by atoms with Gasteiger partial charge in [0.15, 0.2) is 0 Å². The van der Waals surface area contributed by atoms with Crippen molar-refractivity contribution in [3.63, 3.8) is 0 Å². The highest BCUT2D eigenvalue weighted by Crippen LogP contribution is 2.13. The van der Waals surface area contributed by atoms with Crippen molar-refractivity contribution in [2.75, 3.05) is 19.7 Å². The van der Waals surface area contributed by atoms with Crippen molar-refractivity contribution >= 4 is 0 Å². The van der Waals surface area contributed by atoms with Gasteiger partial charge in [0, 0.05) is 37.9 Å². The van der Waals surface area contributed by atoms with Gasteiger partial charge in [0.05, 0.1) is 18.9 Å². The summed E-state index contributed by atoms with van der Waals surface area (Å²) in [6.07, 6.45) is 4.94. The molecule has 5 heteroatoms. The monoisotopic (exact) mass is 266 g/mol. The number of nitrogens with zero attached hydrogens (tertiary/aromatic N) is 3. The summed E-state index contributed by atoms with van der Waals surface area (Å²) < 4.78 is 7.77. The van der Waals surface area contributed by atoms with Crippen molar-refractivity contribution in [1.82, 2.24) is 14.7 Å². The van der Waals surface area contributed by atoms with E-state index in [0.717, 1.165) is 32.7 Å². The molecule has 2 heterocycles. The molecule has 5 nitrogen and oxygen atoms in total. The molecule has 0 saturated carbocycles. The third-order valence-electron chi connectivity index (χ3n) is 3.81. The van der Waals surface area contributed by atoms with Crippen LogP contribution < -0.4 is 5.73 Å². The zero-order valence-corrected chi connectivity index (χ0v) is 12.2. The number of aromatic nitrogens is 2. The second-order valence-corrected chi connectivity index (χ2v) is 5.57. The number of aryl methyl sites for hydroxylation is 1. The second kappa shape index (κ2) is 6.50. The van der Waals surface area contributed by atoms with Gasteiger partial charge in [-0.05, 0) is 32.8 Å². The second-order valence-electron chi connectivity index (χ2n) is 5.57. The fourth-order valence-corrected chi connectivity index (χ4v) is 2.51. The van der Waals surface area contributed by atoms with Crippen LogP contribution in [0.5, 0.6) is 0 Å². The number of hydrogen-bond donors (Lipinski definition) is 1. The number of hydrogen-bond acceptors (Lipinski definition) is 4. The van der Waals surface area contributed by atoms with E-state index in [0.29, 0.717) is 6.04 Å². The van der Waals surface area contributed by atoms with Gasteiger partial charge in [0.2, 0.25) is 0 Å². The minimum absolute atomic E-state index is 0.0380. The lowest BCUT2D eigenvalue weighted by atomic mass is 10.0. The Hall–Kier alpha value is -0.910. The van der Waals surface area contributed by atoms with Crippen LogP contribution >= 0.6 is 0 Å². The van der Waals surface area contributed by atoms with Crippen molar-refractivity contribution in [2.45, 2.75) is 51.9 Å². The molecule has 1 fully saturated rings. The van der Waals surface area contributed by atoms with E-state index in [2.05, 4.69) is 37.0 Å². The van der Waals surface area contributed by atoms with Gasteiger partial charge in [0.25, 0.3) is 0 Å². The predicted molar refractivity (Wildman–Crippen MR) is 76.0 cm³/mol. The molecule has 2 N–H and O–H groups in total. The number of rotatable bonds is 5. The molecule has 0 radical (unpaired) electrons. The van der Waals surface area contributed by atoms with Crippen LogP contribution in [0, 0.1) is 0 Å². The lowest BCUT2D eigenvalue weighted by molar-refractivity contribution is -0.0495. The largest absolute Gasteiger partial charge is 0.374 e. The highest BCUT2D eigenvalue weighted by molar-refractivity contribution is 5.07. The predicted octanol–water partition coefficient (Wildman–Crippen LogP) is 0.882. The maximum absolute atomic E-state index is 6.30. The normalized spacial score (nSPS) is 22.9. The fraction of sp³-hybridized carbons (Fsp3) is 0.786. The minimum atomic E-state index is 0.0380. The summed E-state index contributed by atoms with van der Waals surface area (Å²) in [6.45, 7) is 10.1. The van der Waals surface area contributed by atoms with E-state index in [4.69, 9.17) is 10.5 Å². The third-order valence-corrected chi connectivity index (χ3v) is 3.81. The van der Waals surface area contributed by atoms with Crippen LogP contribution in [-0.4, -0.2) is 52.6 Å².